The Hall–Kier alpha value is -1.32. The predicted octanol–water partition coefficient (Wildman–Crippen LogP) is 3.06. The number of rotatable bonds is 4. The number of nitrogens with zero attached hydrogens (tertiary/aromatic N) is 1. The first-order valence-corrected chi connectivity index (χ1v) is 6.65. The van der Waals surface area contributed by atoms with Crippen molar-refractivity contribution >= 4 is 17.0 Å². The summed E-state index contributed by atoms with van der Waals surface area (Å²) >= 11 is 1.72. The van der Waals surface area contributed by atoms with Crippen molar-refractivity contribution in [2.24, 2.45) is 5.73 Å². The lowest BCUT2D eigenvalue weighted by atomic mass is 10.0. The normalized spacial score (nSPS) is 12.4. The summed E-state index contributed by atoms with van der Waals surface area (Å²) in [5, 5.41) is 4.26. The average molecular weight is 246 g/mol. The van der Waals surface area contributed by atoms with Crippen molar-refractivity contribution in [3.63, 3.8) is 0 Å². The molecule has 1 atom stereocenters. The highest BCUT2D eigenvalue weighted by Gasteiger charge is 2.08. The maximum absolute atomic E-state index is 6.24. The Morgan fingerprint density at radius 2 is 2.12 bits per heavy atom. The van der Waals surface area contributed by atoms with Gasteiger partial charge >= 0.3 is 0 Å². The molecule has 2 N–H and O–H groups in total. The molecule has 2 rings (SSSR count). The van der Waals surface area contributed by atoms with Crippen LogP contribution in [-0.4, -0.2) is 14.1 Å². The van der Waals surface area contributed by atoms with Crippen LogP contribution in [0, 0.1) is 0 Å². The van der Waals surface area contributed by atoms with Crippen LogP contribution in [0.2, 0.25) is 0 Å². The third-order valence-electron chi connectivity index (χ3n) is 2.85. The van der Waals surface area contributed by atoms with Gasteiger partial charge in [-0.15, -0.1) is 0 Å². The van der Waals surface area contributed by atoms with Gasteiger partial charge in [0.05, 0.1) is 0 Å². The lowest BCUT2D eigenvalue weighted by Gasteiger charge is -2.16. The molecule has 1 aromatic carbocycles. The first-order chi connectivity index (χ1) is 8.16. The van der Waals surface area contributed by atoms with Gasteiger partial charge in [0.2, 0.25) is 0 Å². The fourth-order valence-corrected chi connectivity index (χ4v) is 2.50. The van der Waals surface area contributed by atoms with E-state index in [1.54, 1.807) is 11.3 Å². The summed E-state index contributed by atoms with van der Waals surface area (Å²) in [6.07, 6.45) is 0.903. The van der Waals surface area contributed by atoms with E-state index < -0.39 is 0 Å². The lowest BCUT2D eigenvalue weighted by Crippen LogP contribution is -2.14. The first kappa shape index (κ1) is 12.1. The predicted molar refractivity (Wildman–Crippen MR) is 75.7 cm³/mol. The first-order valence-electron chi connectivity index (χ1n) is 5.71. The van der Waals surface area contributed by atoms with Crippen molar-refractivity contribution in [3.8, 4) is 0 Å². The van der Waals surface area contributed by atoms with Gasteiger partial charge in [0.15, 0.2) is 0 Å². The molecular formula is C14H18N2S. The Kier molecular flexibility index (Phi) is 3.82. The molecule has 0 saturated carbocycles. The summed E-state index contributed by atoms with van der Waals surface area (Å²) < 4.78 is 0. The number of hydrogen-bond acceptors (Lipinski definition) is 3. The minimum atomic E-state index is 0.0736. The number of benzene rings is 1. The molecule has 3 heteroatoms. The van der Waals surface area contributed by atoms with Gasteiger partial charge in [0.25, 0.3) is 0 Å². The van der Waals surface area contributed by atoms with Crippen molar-refractivity contribution in [1.82, 2.24) is 0 Å². The molecule has 0 amide bonds. The quantitative estimate of drug-likeness (QED) is 0.898. The van der Waals surface area contributed by atoms with Crippen LogP contribution in [-0.2, 0) is 6.42 Å². The zero-order valence-electron chi connectivity index (χ0n) is 10.3. The van der Waals surface area contributed by atoms with Crippen molar-refractivity contribution in [2.45, 2.75) is 12.5 Å². The molecule has 0 aliphatic carbocycles. The minimum Gasteiger partial charge on any atom is -0.378 e. The van der Waals surface area contributed by atoms with E-state index in [4.69, 9.17) is 5.73 Å². The summed E-state index contributed by atoms with van der Waals surface area (Å²) in [7, 11) is 4.09. The van der Waals surface area contributed by atoms with Crippen molar-refractivity contribution in [1.29, 1.82) is 0 Å². The van der Waals surface area contributed by atoms with E-state index in [-0.39, 0.29) is 6.04 Å². The number of thiophene rings is 1. The third-order valence-corrected chi connectivity index (χ3v) is 3.58. The third kappa shape index (κ3) is 3.08. The van der Waals surface area contributed by atoms with Gasteiger partial charge in [-0.3, -0.25) is 0 Å². The Morgan fingerprint density at radius 1 is 1.29 bits per heavy atom. The molecule has 2 nitrogen and oxygen atoms in total. The second kappa shape index (κ2) is 5.34. The maximum atomic E-state index is 6.24. The van der Waals surface area contributed by atoms with Crippen LogP contribution in [0.5, 0.6) is 0 Å². The fraction of sp³-hybridized carbons (Fsp3) is 0.286. The summed E-state index contributed by atoms with van der Waals surface area (Å²) in [6, 6.07) is 10.6. The fourth-order valence-electron chi connectivity index (χ4n) is 1.81. The molecule has 0 aliphatic heterocycles. The molecule has 1 heterocycles. The van der Waals surface area contributed by atoms with Gasteiger partial charge in [0, 0.05) is 25.8 Å². The number of hydrogen-bond donors (Lipinski definition) is 1. The summed E-state index contributed by atoms with van der Waals surface area (Å²) in [5.41, 5.74) is 9.95. The molecule has 0 spiro atoms. The van der Waals surface area contributed by atoms with Gasteiger partial charge < -0.3 is 10.6 Å². The number of nitrogens with two attached hydrogens (primary N) is 1. The Labute approximate surface area is 107 Å². The molecule has 1 aromatic heterocycles. The molecule has 0 fully saturated rings. The Bertz CT molecular complexity index is 463. The smallest absolute Gasteiger partial charge is 0.0364 e. The monoisotopic (exact) mass is 246 g/mol. The molecule has 0 bridgehead atoms. The van der Waals surface area contributed by atoms with Crippen LogP contribution in [0.15, 0.2) is 41.1 Å². The van der Waals surface area contributed by atoms with Gasteiger partial charge in [-0.25, -0.2) is 0 Å². The lowest BCUT2D eigenvalue weighted by molar-refractivity contribution is 0.723. The van der Waals surface area contributed by atoms with Crippen LogP contribution >= 0.6 is 11.3 Å². The zero-order chi connectivity index (χ0) is 12.3. The van der Waals surface area contributed by atoms with Crippen LogP contribution in [0.4, 0.5) is 5.69 Å². The molecular weight excluding hydrogens is 228 g/mol. The highest BCUT2D eigenvalue weighted by atomic mass is 32.1. The summed E-state index contributed by atoms with van der Waals surface area (Å²) in [4.78, 5) is 2.10. The van der Waals surface area contributed by atoms with Crippen molar-refractivity contribution in [3.05, 3.63) is 52.2 Å². The van der Waals surface area contributed by atoms with E-state index in [2.05, 4.69) is 46.0 Å². The maximum Gasteiger partial charge on any atom is 0.0364 e. The second-order valence-corrected chi connectivity index (χ2v) is 5.21. The highest BCUT2D eigenvalue weighted by molar-refractivity contribution is 7.07. The Morgan fingerprint density at radius 3 is 2.76 bits per heavy atom. The molecule has 2 aromatic rings. The molecule has 1 unspecified atom stereocenters. The van der Waals surface area contributed by atoms with E-state index in [1.807, 2.05) is 14.1 Å². The van der Waals surface area contributed by atoms with Crippen LogP contribution in [0.1, 0.15) is 17.2 Å². The molecule has 0 radical (unpaired) electrons. The van der Waals surface area contributed by atoms with E-state index in [9.17, 15) is 0 Å². The molecule has 17 heavy (non-hydrogen) atoms. The van der Waals surface area contributed by atoms with Crippen LogP contribution in [0.3, 0.4) is 0 Å². The van der Waals surface area contributed by atoms with E-state index in [0.29, 0.717) is 0 Å². The van der Waals surface area contributed by atoms with Gasteiger partial charge in [0.1, 0.15) is 0 Å². The average Bonchev–Trinajstić information content (AvgIpc) is 2.82. The summed E-state index contributed by atoms with van der Waals surface area (Å²) in [6.45, 7) is 0. The van der Waals surface area contributed by atoms with E-state index >= 15 is 0 Å². The summed E-state index contributed by atoms with van der Waals surface area (Å²) in [5.74, 6) is 0. The molecule has 0 saturated heterocycles. The molecule has 90 valence electrons. The van der Waals surface area contributed by atoms with E-state index in [0.717, 1.165) is 6.42 Å². The van der Waals surface area contributed by atoms with Crippen LogP contribution in [0.25, 0.3) is 0 Å². The standard InChI is InChI=1S/C14H18N2S/c1-16(2)13-5-3-4-12(9-13)14(15)8-11-6-7-17-10-11/h3-7,9-10,14H,8,15H2,1-2H3. The molecule has 0 aliphatic rings. The van der Waals surface area contributed by atoms with Crippen LogP contribution < -0.4 is 10.6 Å². The van der Waals surface area contributed by atoms with Gasteiger partial charge in [-0.05, 0) is 46.5 Å². The van der Waals surface area contributed by atoms with E-state index in [1.165, 1.54) is 16.8 Å². The van der Waals surface area contributed by atoms with Crippen molar-refractivity contribution < 1.29 is 0 Å². The largest absolute Gasteiger partial charge is 0.378 e. The van der Waals surface area contributed by atoms with Crippen molar-refractivity contribution in [2.75, 3.05) is 19.0 Å². The second-order valence-electron chi connectivity index (χ2n) is 4.43. The number of anilines is 1. The zero-order valence-corrected chi connectivity index (χ0v) is 11.1. The highest BCUT2D eigenvalue weighted by Crippen LogP contribution is 2.21. The minimum absolute atomic E-state index is 0.0736. The van der Waals surface area contributed by atoms with Gasteiger partial charge in [-0.1, -0.05) is 12.1 Å². The topological polar surface area (TPSA) is 29.3 Å². The Balaban J connectivity index is 2.13. The van der Waals surface area contributed by atoms with Gasteiger partial charge in [-0.2, -0.15) is 11.3 Å². The SMILES string of the molecule is CN(C)c1cccc(C(N)Cc2ccsc2)c1.